The number of hydrogen-bond donors (Lipinski definition) is 0. The second kappa shape index (κ2) is 8.21. The predicted molar refractivity (Wildman–Crippen MR) is 88.9 cm³/mol. The van der Waals surface area contributed by atoms with Crippen LogP contribution in [0.3, 0.4) is 0 Å². The highest BCUT2D eigenvalue weighted by Crippen LogP contribution is 2.36. The van der Waals surface area contributed by atoms with E-state index in [-0.39, 0.29) is 5.92 Å². The highest BCUT2D eigenvalue weighted by atomic mass is 16.5. The Morgan fingerprint density at radius 2 is 1.82 bits per heavy atom. The van der Waals surface area contributed by atoms with Gasteiger partial charge in [-0.1, -0.05) is 32.1 Å². The highest BCUT2D eigenvalue weighted by molar-refractivity contribution is 5.66. The van der Waals surface area contributed by atoms with Gasteiger partial charge in [0.1, 0.15) is 17.8 Å². The molecule has 3 heteroatoms. The fourth-order valence-corrected chi connectivity index (χ4v) is 3.55. The summed E-state index contributed by atoms with van der Waals surface area (Å²) in [5, 5.41) is 0. The van der Waals surface area contributed by atoms with Crippen molar-refractivity contribution in [1.82, 2.24) is 0 Å². The van der Waals surface area contributed by atoms with E-state index < -0.39 is 0 Å². The van der Waals surface area contributed by atoms with Gasteiger partial charge in [0.2, 0.25) is 0 Å². The first-order valence-electron chi connectivity index (χ1n) is 8.37. The molecular formula is C19H28O3. The lowest BCUT2D eigenvalue weighted by Crippen LogP contribution is -2.10. The van der Waals surface area contributed by atoms with E-state index in [1.807, 2.05) is 19.1 Å². The fourth-order valence-electron chi connectivity index (χ4n) is 3.55. The Balaban J connectivity index is 2.13. The molecule has 0 aliphatic heterocycles. The number of rotatable bonds is 7. The number of carbonyl (C=O) groups excluding carboxylic acids is 1. The van der Waals surface area contributed by atoms with Crippen LogP contribution < -0.4 is 9.47 Å². The maximum atomic E-state index is 11.6. The van der Waals surface area contributed by atoms with Gasteiger partial charge in [-0.05, 0) is 43.4 Å². The molecule has 0 bridgehead atoms. The Hall–Kier alpha value is -1.51. The van der Waals surface area contributed by atoms with Gasteiger partial charge < -0.3 is 14.3 Å². The van der Waals surface area contributed by atoms with Gasteiger partial charge in [-0.15, -0.1) is 0 Å². The van der Waals surface area contributed by atoms with E-state index in [4.69, 9.17) is 9.47 Å². The van der Waals surface area contributed by atoms with Crippen molar-refractivity contribution in [3.05, 3.63) is 23.3 Å². The largest absolute Gasteiger partial charge is 0.496 e. The standard InChI is InChI=1S/C19H28O3/c1-14-11-19(22-3)17(12-18(14)21-2)16(13-20)10-9-15-7-5-4-6-8-15/h11-13,15-16H,4-10H2,1-3H3. The molecule has 0 radical (unpaired) electrons. The number of ether oxygens (including phenoxy) is 2. The quantitative estimate of drug-likeness (QED) is 0.688. The molecule has 22 heavy (non-hydrogen) atoms. The molecule has 0 aromatic heterocycles. The molecule has 1 saturated carbocycles. The summed E-state index contributed by atoms with van der Waals surface area (Å²) in [6, 6.07) is 3.93. The lowest BCUT2D eigenvalue weighted by atomic mass is 9.83. The average Bonchev–Trinajstić information content (AvgIpc) is 2.57. The molecule has 122 valence electrons. The van der Waals surface area contributed by atoms with E-state index in [1.54, 1.807) is 14.2 Å². The second-order valence-electron chi connectivity index (χ2n) is 6.39. The first kappa shape index (κ1) is 16.9. The summed E-state index contributed by atoms with van der Waals surface area (Å²) in [6.07, 6.45) is 9.79. The van der Waals surface area contributed by atoms with Crippen LogP contribution in [0.1, 0.15) is 62.0 Å². The van der Waals surface area contributed by atoms with Crippen LogP contribution in [-0.4, -0.2) is 20.5 Å². The van der Waals surface area contributed by atoms with E-state index in [0.717, 1.165) is 47.7 Å². The van der Waals surface area contributed by atoms with Gasteiger partial charge >= 0.3 is 0 Å². The zero-order valence-corrected chi connectivity index (χ0v) is 14.1. The molecule has 0 spiro atoms. The van der Waals surface area contributed by atoms with Gasteiger partial charge in [-0.2, -0.15) is 0 Å². The van der Waals surface area contributed by atoms with Crippen molar-refractivity contribution in [2.45, 2.75) is 57.8 Å². The number of benzene rings is 1. The van der Waals surface area contributed by atoms with E-state index in [1.165, 1.54) is 32.1 Å². The monoisotopic (exact) mass is 304 g/mol. The first-order chi connectivity index (χ1) is 10.7. The van der Waals surface area contributed by atoms with Crippen molar-refractivity contribution in [2.24, 2.45) is 5.92 Å². The minimum absolute atomic E-state index is 0.105. The molecule has 1 aromatic carbocycles. The number of methoxy groups -OCH3 is 2. The summed E-state index contributed by atoms with van der Waals surface area (Å²) in [7, 11) is 3.32. The Bertz CT molecular complexity index is 490. The predicted octanol–water partition coefficient (Wildman–Crippen LogP) is 4.66. The van der Waals surface area contributed by atoms with Crippen molar-refractivity contribution in [3.63, 3.8) is 0 Å². The SMILES string of the molecule is COc1cc(C(C=O)CCC2CCCCC2)c(OC)cc1C. The fraction of sp³-hybridized carbons (Fsp3) is 0.632. The smallest absolute Gasteiger partial charge is 0.127 e. The second-order valence-corrected chi connectivity index (χ2v) is 6.39. The molecule has 0 heterocycles. The van der Waals surface area contributed by atoms with E-state index in [9.17, 15) is 4.79 Å². The van der Waals surface area contributed by atoms with Crippen molar-refractivity contribution in [2.75, 3.05) is 14.2 Å². The zero-order valence-electron chi connectivity index (χ0n) is 14.1. The number of aryl methyl sites for hydroxylation is 1. The minimum atomic E-state index is -0.105. The molecular weight excluding hydrogens is 276 g/mol. The summed E-state index contributed by atoms with van der Waals surface area (Å²) in [4.78, 5) is 11.6. The summed E-state index contributed by atoms with van der Waals surface area (Å²) >= 11 is 0. The number of hydrogen-bond acceptors (Lipinski definition) is 3. The maximum Gasteiger partial charge on any atom is 0.127 e. The summed E-state index contributed by atoms with van der Waals surface area (Å²) < 4.78 is 10.9. The Morgan fingerprint density at radius 1 is 1.14 bits per heavy atom. The summed E-state index contributed by atoms with van der Waals surface area (Å²) in [6.45, 7) is 1.99. The Labute approximate surface area is 134 Å². The Kier molecular flexibility index (Phi) is 6.29. The molecule has 2 rings (SSSR count). The van der Waals surface area contributed by atoms with Crippen LogP contribution in [-0.2, 0) is 4.79 Å². The van der Waals surface area contributed by atoms with Crippen LogP contribution in [0.4, 0.5) is 0 Å². The van der Waals surface area contributed by atoms with Gasteiger partial charge in [0, 0.05) is 11.5 Å². The normalized spacial score (nSPS) is 17.0. The topological polar surface area (TPSA) is 35.5 Å². The molecule has 0 saturated heterocycles. The van der Waals surface area contributed by atoms with Crippen molar-refractivity contribution in [3.8, 4) is 11.5 Å². The summed E-state index contributed by atoms with van der Waals surface area (Å²) in [5.41, 5.74) is 1.98. The van der Waals surface area contributed by atoms with Gasteiger partial charge in [-0.3, -0.25) is 0 Å². The molecule has 1 unspecified atom stereocenters. The lowest BCUT2D eigenvalue weighted by Gasteiger charge is -2.23. The van der Waals surface area contributed by atoms with Crippen molar-refractivity contribution in [1.29, 1.82) is 0 Å². The van der Waals surface area contributed by atoms with Gasteiger partial charge in [0.25, 0.3) is 0 Å². The third kappa shape index (κ3) is 4.02. The van der Waals surface area contributed by atoms with E-state index in [0.29, 0.717) is 0 Å². The van der Waals surface area contributed by atoms with Crippen LogP contribution in [0.2, 0.25) is 0 Å². The van der Waals surface area contributed by atoms with Gasteiger partial charge in [0.05, 0.1) is 14.2 Å². The third-order valence-corrected chi connectivity index (χ3v) is 4.92. The van der Waals surface area contributed by atoms with Crippen LogP contribution in [0, 0.1) is 12.8 Å². The molecule has 0 N–H and O–H groups in total. The summed E-state index contributed by atoms with van der Waals surface area (Å²) in [5.74, 6) is 2.29. The van der Waals surface area contributed by atoms with Crippen LogP contribution in [0.25, 0.3) is 0 Å². The van der Waals surface area contributed by atoms with Crippen molar-refractivity contribution < 1.29 is 14.3 Å². The molecule has 1 aromatic rings. The number of aldehydes is 1. The maximum absolute atomic E-state index is 11.6. The molecule has 3 nitrogen and oxygen atoms in total. The van der Waals surface area contributed by atoms with Crippen molar-refractivity contribution >= 4 is 6.29 Å². The van der Waals surface area contributed by atoms with Crippen LogP contribution in [0.5, 0.6) is 11.5 Å². The third-order valence-electron chi connectivity index (χ3n) is 4.92. The average molecular weight is 304 g/mol. The molecule has 0 amide bonds. The van der Waals surface area contributed by atoms with Crippen LogP contribution >= 0.6 is 0 Å². The molecule has 1 aliphatic carbocycles. The highest BCUT2D eigenvalue weighted by Gasteiger charge is 2.21. The minimum Gasteiger partial charge on any atom is -0.496 e. The zero-order chi connectivity index (χ0) is 15.9. The Morgan fingerprint density at radius 3 is 2.41 bits per heavy atom. The van der Waals surface area contributed by atoms with Gasteiger partial charge in [0.15, 0.2) is 0 Å². The number of carbonyl (C=O) groups is 1. The molecule has 1 atom stereocenters. The van der Waals surface area contributed by atoms with E-state index >= 15 is 0 Å². The van der Waals surface area contributed by atoms with Gasteiger partial charge in [-0.25, -0.2) is 0 Å². The molecule has 1 aliphatic rings. The molecule has 1 fully saturated rings. The van der Waals surface area contributed by atoms with E-state index in [2.05, 4.69) is 0 Å². The lowest BCUT2D eigenvalue weighted by molar-refractivity contribution is -0.109. The van der Waals surface area contributed by atoms with Crippen LogP contribution in [0.15, 0.2) is 12.1 Å². The first-order valence-corrected chi connectivity index (χ1v) is 8.37.